The van der Waals surface area contributed by atoms with Crippen LogP contribution in [0.4, 0.5) is 0 Å². The lowest BCUT2D eigenvalue weighted by Gasteiger charge is -2.16. The molecule has 26 heavy (non-hydrogen) atoms. The van der Waals surface area contributed by atoms with E-state index in [9.17, 15) is 4.79 Å². The third-order valence-corrected chi connectivity index (χ3v) is 5.66. The molecular formula is C20H22N4OS. The summed E-state index contributed by atoms with van der Waals surface area (Å²) in [6.07, 6.45) is 1.71. The van der Waals surface area contributed by atoms with Gasteiger partial charge in [0.15, 0.2) is 0 Å². The molecule has 3 heterocycles. The van der Waals surface area contributed by atoms with Gasteiger partial charge in [-0.15, -0.1) is 11.3 Å². The molecule has 1 fully saturated rings. The first-order valence-corrected chi connectivity index (χ1v) is 9.78. The predicted molar refractivity (Wildman–Crippen MR) is 103 cm³/mol. The molecule has 0 aliphatic carbocycles. The van der Waals surface area contributed by atoms with Gasteiger partial charge >= 0.3 is 0 Å². The van der Waals surface area contributed by atoms with Crippen molar-refractivity contribution in [2.45, 2.75) is 32.7 Å². The van der Waals surface area contributed by atoms with Gasteiger partial charge in [-0.3, -0.25) is 9.48 Å². The number of hydrogen-bond acceptors (Lipinski definition) is 4. The molecule has 1 atom stereocenters. The maximum absolute atomic E-state index is 12.8. The molecule has 1 amide bonds. The van der Waals surface area contributed by atoms with Gasteiger partial charge in [-0.2, -0.15) is 5.10 Å². The number of rotatable bonds is 4. The zero-order valence-corrected chi connectivity index (χ0v) is 15.9. The summed E-state index contributed by atoms with van der Waals surface area (Å²) in [5.74, 6) is 0.0320. The first kappa shape index (κ1) is 17.0. The Bertz CT molecular complexity index is 915. The Balaban J connectivity index is 1.43. The van der Waals surface area contributed by atoms with Gasteiger partial charge in [-0.05, 0) is 31.9 Å². The van der Waals surface area contributed by atoms with E-state index in [2.05, 4.69) is 39.9 Å². The Labute approximate surface area is 157 Å². The second-order valence-corrected chi connectivity index (χ2v) is 7.80. The molecule has 0 saturated carbocycles. The molecule has 0 bridgehead atoms. The van der Waals surface area contributed by atoms with Crippen LogP contribution in [0.3, 0.4) is 0 Å². The molecule has 6 heteroatoms. The van der Waals surface area contributed by atoms with E-state index in [0.29, 0.717) is 12.2 Å². The van der Waals surface area contributed by atoms with Gasteiger partial charge in [0.1, 0.15) is 5.69 Å². The first-order valence-electron chi connectivity index (χ1n) is 8.90. The second-order valence-electron chi connectivity index (χ2n) is 6.85. The van der Waals surface area contributed by atoms with Crippen molar-refractivity contribution < 1.29 is 4.79 Å². The molecule has 0 radical (unpaired) electrons. The number of hydrogen-bond donors (Lipinski definition) is 0. The molecule has 1 aliphatic heterocycles. The molecule has 1 aliphatic rings. The smallest absolute Gasteiger partial charge is 0.273 e. The van der Waals surface area contributed by atoms with Crippen LogP contribution in [0, 0.1) is 13.8 Å². The van der Waals surface area contributed by atoms with Gasteiger partial charge in [-0.25, -0.2) is 4.98 Å². The summed E-state index contributed by atoms with van der Waals surface area (Å²) >= 11 is 1.56. The van der Waals surface area contributed by atoms with Crippen LogP contribution in [-0.2, 0) is 6.42 Å². The summed E-state index contributed by atoms with van der Waals surface area (Å²) in [4.78, 5) is 19.3. The minimum atomic E-state index is 0.0320. The molecule has 0 spiro atoms. The molecule has 1 saturated heterocycles. The van der Waals surface area contributed by atoms with Gasteiger partial charge in [0.2, 0.25) is 0 Å². The summed E-state index contributed by atoms with van der Waals surface area (Å²) in [5.41, 5.74) is 3.96. The van der Waals surface area contributed by atoms with E-state index >= 15 is 0 Å². The third kappa shape index (κ3) is 3.42. The van der Waals surface area contributed by atoms with Crippen molar-refractivity contribution in [1.29, 1.82) is 0 Å². The summed E-state index contributed by atoms with van der Waals surface area (Å²) < 4.78 is 2.06. The molecule has 3 aromatic rings. The SMILES string of the molecule is Cc1cc(C)n(C2CCN(C(=O)c3csc(Cc4ccccc4)n3)C2)n1. The Morgan fingerprint density at radius 1 is 1.27 bits per heavy atom. The minimum absolute atomic E-state index is 0.0320. The van der Waals surface area contributed by atoms with E-state index in [0.717, 1.165) is 35.8 Å². The number of aryl methyl sites for hydroxylation is 2. The lowest BCUT2D eigenvalue weighted by molar-refractivity contribution is 0.0781. The topological polar surface area (TPSA) is 51.0 Å². The molecule has 5 nitrogen and oxygen atoms in total. The molecule has 2 aromatic heterocycles. The monoisotopic (exact) mass is 366 g/mol. The molecule has 1 aromatic carbocycles. The average molecular weight is 366 g/mol. The van der Waals surface area contributed by atoms with E-state index < -0.39 is 0 Å². The van der Waals surface area contributed by atoms with E-state index in [4.69, 9.17) is 0 Å². The zero-order chi connectivity index (χ0) is 18.1. The molecule has 0 N–H and O–H groups in total. The Kier molecular flexibility index (Phi) is 4.59. The number of benzene rings is 1. The van der Waals surface area contributed by atoms with E-state index in [1.807, 2.05) is 35.4 Å². The van der Waals surface area contributed by atoms with Crippen LogP contribution in [-0.4, -0.2) is 38.7 Å². The normalized spacial score (nSPS) is 17.0. The number of carbonyl (C=O) groups is 1. The highest BCUT2D eigenvalue weighted by molar-refractivity contribution is 7.09. The van der Waals surface area contributed by atoms with Crippen LogP contribution < -0.4 is 0 Å². The summed E-state index contributed by atoms with van der Waals surface area (Å²) in [6, 6.07) is 12.6. The maximum Gasteiger partial charge on any atom is 0.273 e. The number of nitrogens with zero attached hydrogens (tertiary/aromatic N) is 4. The maximum atomic E-state index is 12.8. The van der Waals surface area contributed by atoms with Crippen molar-refractivity contribution in [2.24, 2.45) is 0 Å². The van der Waals surface area contributed by atoms with Crippen LogP contribution >= 0.6 is 11.3 Å². The van der Waals surface area contributed by atoms with E-state index in [1.165, 1.54) is 5.56 Å². The minimum Gasteiger partial charge on any atom is -0.335 e. The highest BCUT2D eigenvalue weighted by Gasteiger charge is 2.30. The quantitative estimate of drug-likeness (QED) is 0.708. The second kappa shape index (κ2) is 7.03. The fourth-order valence-electron chi connectivity index (χ4n) is 3.56. The van der Waals surface area contributed by atoms with E-state index in [1.54, 1.807) is 11.3 Å². The van der Waals surface area contributed by atoms with Gasteiger partial charge < -0.3 is 4.90 Å². The van der Waals surface area contributed by atoms with Crippen molar-refractivity contribution in [3.63, 3.8) is 0 Å². The lowest BCUT2D eigenvalue weighted by atomic mass is 10.2. The fourth-order valence-corrected chi connectivity index (χ4v) is 4.37. The van der Waals surface area contributed by atoms with E-state index in [-0.39, 0.29) is 11.9 Å². The van der Waals surface area contributed by atoms with Crippen LogP contribution in [0.1, 0.15) is 44.9 Å². The van der Waals surface area contributed by atoms with Gasteiger partial charge in [0.25, 0.3) is 5.91 Å². The van der Waals surface area contributed by atoms with Gasteiger partial charge in [0.05, 0.1) is 16.7 Å². The number of aromatic nitrogens is 3. The molecular weight excluding hydrogens is 344 g/mol. The van der Waals surface area contributed by atoms with Crippen molar-refractivity contribution in [3.05, 3.63) is 69.4 Å². The Hall–Kier alpha value is -2.47. The molecule has 4 rings (SSSR count). The number of carbonyl (C=O) groups excluding carboxylic acids is 1. The van der Waals surface area contributed by atoms with Crippen LogP contribution in [0.15, 0.2) is 41.8 Å². The van der Waals surface area contributed by atoms with Crippen molar-refractivity contribution in [3.8, 4) is 0 Å². The zero-order valence-electron chi connectivity index (χ0n) is 15.1. The fraction of sp³-hybridized carbons (Fsp3) is 0.350. The largest absolute Gasteiger partial charge is 0.335 e. The third-order valence-electron chi connectivity index (χ3n) is 4.81. The van der Waals surface area contributed by atoms with Crippen molar-refractivity contribution in [1.82, 2.24) is 19.7 Å². The highest BCUT2D eigenvalue weighted by Crippen LogP contribution is 2.25. The first-order chi connectivity index (χ1) is 12.6. The number of amides is 1. The van der Waals surface area contributed by atoms with Crippen LogP contribution in [0.5, 0.6) is 0 Å². The Morgan fingerprint density at radius 3 is 2.81 bits per heavy atom. The highest BCUT2D eigenvalue weighted by atomic mass is 32.1. The summed E-state index contributed by atoms with van der Waals surface area (Å²) in [6.45, 7) is 5.53. The predicted octanol–water partition coefficient (Wildman–Crippen LogP) is 3.63. The van der Waals surface area contributed by atoms with Gasteiger partial charge in [-0.1, -0.05) is 30.3 Å². The Morgan fingerprint density at radius 2 is 2.08 bits per heavy atom. The van der Waals surface area contributed by atoms with Crippen LogP contribution in [0.25, 0.3) is 0 Å². The molecule has 134 valence electrons. The lowest BCUT2D eigenvalue weighted by Crippen LogP contribution is -2.29. The standard InChI is InChI=1S/C20H22N4OS/c1-14-10-15(2)24(22-14)17-8-9-23(12-17)20(25)18-13-26-19(21-18)11-16-6-4-3-5-7-16/h3-7,10,13,17H,8-9,11-12H2,1-2H3. The molecule has 1 unspecified atom stereocenters. The average Bonchev–Trinajstić information content (AvgIpc) is 3.35. The summed E-state index contributed by atoms with van der Waals surface area (Å²) in [7, 11) is 0. The summed E-state index contributed by atoms with van der Waals surface area (Å²) in [5, 5.41) is 7.44. The van der Waals surface area contributed by atoms with Crippen molar-refractivity contribution in [2.75, 3.05) is 13.1 Å². The van der Waals surface area contributed by atoms with Gasteiger partial charge in [0, 0.05) is 30.6 Å². The van der Waals surface area contributed by atoms with Crippen molar-refractivity contribution >= 4 is 17.2 Å². The number of likely N-dealkylation sites (tertiary alicyclic amines) is 1. The van der Waals surface area contributed by atoms with Crippen LogP contribution in [0.2, 0.25) is 0 Å². The number of thiazole rings is 1.